The fourth-order valence-corrected chi connectivity index (χ4v) is 5.56. The predicted octanol–water partition coefficient (Wildman–Crippen LogP) is 3.57. The lowest BCUT2D eigenvalue weighted by atomic mass is 10.2. The number of carbonyl (C=O) groups excluding carboxylic acids is 1. The van der Waals surface area contributed by atoms with E-state index < -0.39 is 0 Å². The van der Waals surface area contributed by atoms with E-state index in [9.17, 15) is 14.0 Å². The molecule has 0 aliphatic carbocycles. The first-order valence-electron chi connectivity index (χ1n) is 12.1. The van der Waals surface area contributed by atoms with Gasteiger partial charge in [-0.1, -0.05) is 26.0 Å². The zero-order valence-corrected chi connectivity index (χ0v) is 20.8. The molecule has 184 valence electrons. The number of piperazine rings is 1. The number of fused-ring (bicyclic) bond motifs is 3. The van der Waals surface area contributed by atoms with Crippen molar-refractivity contribution in [3.05, 3.63) is 57.7 Å². The molecule has 0 N–H and O–H groups in total. The monoisotopic (exact) mass is 496 g/mol. The van der Waals surface area contributed by atoms with Crippen LogP contribution in [-0.2, 0) is 17.8 Å². The second kappa shape index (κ2) is 9.77. The van der Waals surface area contributed by atoms with Crippen LogP contribution in [-0.4, -0.2) is 56.2 Å². The summed E-state index contributed by atoms with van der Waals surface area (Å²) in [4.78, 5) is 29.7. The average molecular weight is 497 g/mol. The first-order valence-corrected chi connectivity index (χ1v) is 12.9. The number of benzene rings is 1. The molecule has 1 fully saturated rings. The highest BCUT2D eigenvalue weighted by Crippen LogP contribution is 2.22. The van der Waals surface area contributed by atoms with Gasteiger partial charge in [0, 0.05) is 45.6 Å². The predicted molar refractivity (Wildman–Crippen MR) is 136 cm³/mol. The molecule has 0 unspecified atom stereocenters. The Hall–Kier alpha value is -3.27. The molecule has 5 rings (SSSR count). The number of thiophene rings is 1. The number of para-hydroxylation sites is 1. The summed E-state index contributed by atoms with van der Waals surface area (Å²) in [6, 6.07) is 8.69. The lowest BCUT2D eigenvalue weighted by molar-refractivity contribution is -0.131. The fraction of sp³-hybridized carbons (Fsp3) is 0.440. The number of aryl methyl sites for hydroxylation is 1. The van der Waals surface area contributed by atoms with Gasteiger partial charge in [0.25, 0.3) is 5.56 Å². The second-order valence-electron chi connectivity index (χ2n) is 9.37. The minimum Gasteiger partial charge on any atom is -0.366 e. The Morgan fingerprint density at radius 3 is 2.63 bits per heavy atom. The molecular weight excluding hydrogens is 467 g/mol. The lowest BCUT2D eigenvalue weighted by Gasteiger charge is -2.36. The molecule has 0 saturated carbocycles. The van der Waals surface area contributed by atoms with Crippen LogP contribution in [0.5, 0.6) is 0 Å². The largest absolute Gasteiger partial charge is 0.366 e. The molecule has 0 bridgehead atoms. The van der Waals surface area contributed by atoms with Crippen molar-refractivity contribution in [2.45, 2.75) is 39.7 Å². The van der Waals surface area contributed by atoms with Crippen LogP contribution in [0.15, 0.2) is 40.5 Å². The standard InChI is InChI=1S/C25H29FN6O2S/c1-17(2)16-31-24(34)23-20(10-15-35-23)32-21(27-28-25(31)32)8-5-9-22(33)30-13-11-29(12-14-30)19-7-4-3-6-18(19)26/h3-4,6-7,10,15,17H,5,8-9,11-14,16H2,1-2H3. The quantitative estimate of drug-likeness (QED) is 0.391. The molecule has 10 heteroatoms. The third-order valence-corrected chi connectivity index (χ3v) is 7.34. The number of carbonyl (C=O) groups is 1. The highest BCUT2D eigenvalue weighted by Gasteiger charge is 2.23. The van der Waals surface area contributed by atoms with Gasteiger partial charge < -0.3 is 9.80 Å². The van der Waals surface area contributed by atoms with E-state index in [-0.39, 0.29) is 17.3 Å². The number of halogens is 1. The Kier molecular flexibility index (Phi) is 6.55. The highest BCUT2D eigenvalue weighted by atomic mass is 32.1. The molecule has 8 nitrogen and oxygen atoms in total. The molecule has 1 amide bonds. The summed E-state index contributed by atoms with van der Waals surface area (Å²) < 4.78 is 18.4. The lowest BCUT2D eigenvalue weighted by Crippen LogP contribution is -2.49. The Bertz CT molecular complexity index is 1420. The van der Waals surface area contributed by atoms with E-state index in [0.29, 0.717) is 74.1 Å². The maximum absolute atomic E-state index is 14.1. The molecule has 1 aliphatic heterocycles. The molecular formula is C25H29FN6O2S. The summed E-state index contributed by atoms with van der Waals surface area (Å²) in [5.74, 6) is 1.49. The van der Waals surface area contributed by atoms with E-state index in [0.717, 1.165) is 11.3 Å². The SMILES string of the molecule is CC(C)Cn1c(=O)c2sccc2n2c(CCCC(=O)N3CCN(c4ccccc4F)CC3)nnc12. The van der Waals surface area contributed by atoms with Gasteiger partial charge in [0.15, 0.2) is 0 Å². The van der Waals surface area contributed by atoms with Crippen LogP contribution >= 0.6 is 11.3 Å². The number of anilines is 1. The van der Waals surface area contributed by atoms with Crippen molar-refractivity contribution < 1.29 is 9.18 Å². The van der Waals surface area contributed by atoms with Gasteiger partial charge in [-0.3, -0.25) is 18.6 Å². The molecule has 1 aliphatic rings. The van der Waals surface area contributed by atoms with E-state index in [1.165, 1.54) is 17.4 Å². The van der Waals surface area contributed by atoms with E-state index in [1.807, 2.05) is 31.7 Å². The van der Waals surface area contributed by atoms with Crippen molar-refractivity contribution in [2.75, 3.05) is 31.1 Å². The number of hydrogen-bond acceptors (Lipinski definition) is 6. The van der Waals surface area contributed by atoms with Gasteiger partial charge in [-0.15, -0.1) is 21.5 Å². The first-order chi connectivity index (χ1) is 16.9. The highest BCUT2D eigenvalue weighted by molar-refractivity contribution is 7.17. The molecule has 0 atom stereocenters. The van der Waals surface area contributed by atoms with Gasteiger partial charge in [0.1, 0.15) is 16.3 Å². The molecule has 35 heavy (non-hydrogen) atoms. The third-order valence-electron chi connectivity index (χ3n) is 6.44. The van der Waals surface area contributed by atoms with Crippen molar-refractivity contribution in [1.29, 1.82) is 0 Å². The maximum Gasteiger partial charge on any atom is 0.272 e. The number of amides is 1. The van der Waals surface area contributed by atoms with Gasteiger partial charge in [-0.25, -0.2) is 4.39 Å². The van der Waals surface area contributed by atoms with Crippen LogP contribution < -0.4 is 10.5 Å². The molecule has 1 aromatic carbocycles. The molecule has 0 spiro atoms. The first kappa shape index (κ1) is 23.5. The zero-order chi connectivity index (χ0) is 24.5. The minimum absolute atomic E-state index is 0.0279. The normalized spacial score (nSPS) is 14.5. The van der Waals surface area contributed by atoms with E-state index in [2.05, 4.69) is 24.0 Å². The van der Waals surface area contributed by atoms with Crippen molar-refractivity contribution in [1.82, 2.24) is 24.1 Å². The second-order valence-corrected chi connectivity index (χ2v) is 10.3. The van der Waals surface area contributed by atoms with Gasteiger partial charge in [-0.2, -0.15) is 0 Å². The number of hydrogen-bond donors (Lipinski definition) is 0. The van der Waals surface area contributed by atoms with Crippen molar-refractivity contribution >= 4 is 38.9 Å². The van der Waals surface area contributed by atoms with E-state index >= 15 is 0 Å². The molecule has 0 radical (unpaired) electrons. The summed E-state index contributed by atoms with van der Waals surface area (Å²) in [6.45, 7) is 7.11. The summed E-state index contributed by atoms with van der Waals surface area (Å²) in [6.07, 6.45) is 1.64. The van der Waals surface area contributed by atoms with Crippen molar-refractivity contribution in [3.63, 3.8) is 0 Å². The molecule has 1 saturated heterocycles. The summed E-state index contributed by atoms with van der Waals surface area (Å²) in [7, 11) is 0. The Labute approximate surface area is 206 Å². The third kappa shape index (κ3) is 4.54. The smallest absolute Gasteiger partial charge is 0.272 e. The van der Waals surface area contributed by atoms with E-state index in [1.54, 1.807) is 16.7 Å². The van der Waals surface area contributed by atoms with E-state index in [4.69, 9.17) is 0 Å². The molecule has 4 aromatic rings. The summed E-state index contributed by atoms with van der Waals surface area (Å²) >= 11 is 1.43. The average Bonchev–Trinajstić information content (AvgIpc) is 3.49. The van der Waals surface area contributed by atoms with Gasteiger partial charge >= 0.3 is 0 Å². The Morgan fingerprint density at radius 2 is 1.89 bits per heavy atom. The number of aromatic nitrogens is 4. The van der Waals surface area contributed by atoms with Crippen LogP contribution in [0, 0.1) is 11.7 Å². The summed E-state index contributed by atoms with van der Waals surface area (Å²) in [5, 5.41) is 10.6. The zero-order valence-electron chi connectivity index (χ0n) is 20.0. The van der Waals surface area contributed by atoms with Crippen molar-refractivity contribution in [3.8, 4) is 0 Å². The fourth-order valence-electron chi connectivity index (χ4n) is 4.73. The molecule has 4 heterocycles. The van der Waals surface area contributed by atoms with Gasteiger partial charge in [0.05, 0.1) is 11.2 Å². The maximum atomic E-state index is 14.1. The van der Waals surface area contributed by atoms with Crippen LogP contribution in [0.2, 0.25) is 0 Å². The van der Waals surface area contributed by atoms with Crippen molar-refractivity contribution in [2.24, 2.45) is 5.92 Å². The van der Waals surface area contributed by atoms with Gasteiger partial charge in [-0.05, 0) is 35.9 Å². The Balaban J connectivity index is 1.24. The number of rotatable bonds is 7. The minimum atomic E-state index is -0.230. The van der Waals surface area contributed by atoms with Crippen LogP contribution in [0.1, 0.15) is 32.5 Å². The van der Waals surface area contributed by atoms with Crippen LogP contribution in [0.25, 0.3) is 16.0 Å². The van der Waals surface area contributed by atoms with Crippen LogP contribution in [0.4, 0.5) is 10.1 Å². The Morgan fingerprint density at radius 1 is 1.11 bits per heavy atom. The summed E-state index contributed by atoms with van der Waals surface area (Å²) in [5.41, 5.74) is 1.39. The number of nitrogens with zero attached hydrogens (tertiary/aromatic N) is 6. The van der Waals surface area contributed by atoms with Gasteiger partial charge in [0.2, 0.25) is 11.7 Å². The topological polar surface area (TPSA) is 75.7 Å². The molecule has 3 aromatic heterocycles. The van der Waals surface area contributed by atoms with Crippen LogP contribution in [0.3, 0.4) is 0 Å².